The standard InChI is InChI=1S/C16H22N4O2/c1-4-5-13-8-14(22-20-13)10-18-16(21)12-6-7-15(17-9-12)19-11(2)3/h6-9,11H,4-5,10H2,1-3H3,(H,17,19)(H,18,21). The van der Waals surface area contributed by atoms with E-state index in [-0.39, 0.29) is 5.91 Å². The van der Waals surface area contributed by atoms with Gasteiger partial charge in [-0.2, -0.15) is 0 Å². The number of anilines is 1. The van der Waals surface area contributed by atoms with E-state index in [0.29, 0.717) is 23.9 Å². The Labute approximate surface area is 130 Å². The van der Waals surface area contributed by atoms with E-state index >= 15 is 0 Å². The summed E-state index contributed by atoms with van der Waals surface area (Å²) < 4.78 is 5.18. The number of hydrogen-bond donors (Lipinski definition) is 2. The number of aryl methyl sites for hydroxylation is 1. The zero-order valence-corrected chi connectivity index (χ0v) is 13.2. The van der Waals surface area contributed by atoms with Crippen molar-refractivity contribution >= 4 is 11.7 Å². The Kier molecular flexibility index (Phi) is 5.52. The Balaban J connectivity index is 1.88. The first-order valence-electron chi connectivity index (χ1n) is 7.53. The van der Waals surface area contributed by atoms with E-state index in [0.717, 1.165) is 24.4 Å². The molecule has 1 amide bonds. The van der Waals surface area contributed by atoms with Gasteiger partial charge in [-0.05, 0) is 32.4 Å². The molecule has 6 heteroatoms. The van der Waals surface area contributed by atoms with Crippen LogP contribution in [0.3, 0.4) is 0 Å². The number of pyridine rings is 1. The van der Waals surface area contributed by atoms with E-state index in [2.05, 4.69) is 27.7 Å². The summed E-state index contributed by atoms with van der Waals surface area (Å²) in [7, 11) is 0. The van der Waals surface area contributed by atoms with E-state index < -0.39 is 0 Å². The molecule has 0 saturated heterocycles. The SMILES string of the molecule is CCCc1cc(CNC(=O)c2ccc(NC(C)C)nc2)on1. The minimum Gasteiger partial charge on any atom is -0.368 e. The fraction of sp³-hybridized carbons (Fsp3) is 0.438. The fourth-order valence-electron chi connectivity index (χ4n) is 1.99. The van der Waals surface area contributed by atoms with Crippen molar-refractivity contribution in [1.29, 1.82) is 0 Å². The second-order valence-corrected chi connectivity index (χ2v) is 5.45. The van der Waals surface area contributed by atoms with Crippen LogP contribution in [0.1, 0.15) is 49.0 Å². The van der Waals surface area contributed by atoms with Gasteiger partial charge in [0, 0.05) is 18.3 Å². The largest absolute Gasteiger partial charge is 0.368 e. The van der Waals surface area contributed by atoms with Crippen molar-refractivity contribution in [3.8, 4) is 0 Å². The summed E-state index contributed by atoms with van der Waals surface area (Å²) in [5, 5.41) is 9.92. The number of carbonyl (C=O) groups is 1. The fourth-order valence-corrected chi connectivity index (χ4v) is 1.99. The third-order valence-corrected chi connectivity index (χ3v) is 3.00. The molecule has 0 aliphatic heterocycles. The Morgan fingerprint density at radius 2 is 2.18 bits per heavy atom. The van der Waals surface area contributed by atoms with Crippen LogP contribution in [0.15, 0.2) is 28.9 Å². The van der Waals surface area contributed by atoms with Crippen LogP contribution >= 0.6 is 0 Å². The van der Waals surface area contributed by atoms with Gasteiger partial charge in [0.1, 0.15) is 5.82 Å². The summed E-state index contributed by atoms with van der Waals surface area (Å²) >= 11 is 0. The first-order valence-corrected chi connectivity index (χ1v) is 7.53. The molecule has 6 nitrogen and oxygen atoms in total. The third kappa shape index (κ3) is 4.58. The van der Waals surface area contributed by atoms with E-state index in [1.165, 1.54) is 0 Å². The molecule has 2 heterocycles. The lowest BCUT2D eigenvalue weighted by Gasteiger charge is -2.09. The summed E-state index contributed by atoms with van der Waals surface area (Å²) in [6, 6.07) is 5.71. The number of rotatable bonds is 7. The van der Waals surface area contributed by atoms with Crippen LogP contribution in [0.25, 0.3) is 0 Å². The van der Waals surface area contributed by atoms with Crippen LogP contribution in [0, 0.1) is 0 Å². The maximum atomic E-state index is 12.1. The van der Waals surface area contributed by atoms with Gasteiger partial charge < -0.3 is 15.2 Å². The first kappa shape index (κ1) is 16.0. The Morgan fingerprint density at radius 1 is 1.36 bits per heavy atom. The highest BCUT2D eigenvalue weighted by molar-refractivity contribution is 5.93. The van der Waals surface area contributed by atoms with Crippen LogP contribution in [0.2, 0.25) is 0 Å². The van der Waals surface area contributed by atoms with Crippen molar-refractivity contribution in [1.82, 2.24) is 15.5 Å². The maximum absolute atomic E-state index is 12.1. The van der Waals surface area contributed by atoms with Crippen LogP contribution in [0.4, 0.5) is 5.82 Å². The van der Waals surface area contributed by atoms with E-state index in [1.807, 2.05) is 19.9 Å². The molecule has 0 radical (unpaired) electrons. The quantitative estimate of drug-likeness (QED) is 0.822. The van der Waals surface area contributed by atoms with Gasteiger partial charge in [0.05, 0.1) is 17.8 Å². The number of hydrogen-bond acceptors (Lipinski definition) is 5. The zero-order chi connectivity index (χ0) is 15.9. The van der Waals surface area contributed by atoms with Gasteiger partial charge in [0.25, 0.3) is 5.91 Å². The first-order chi connectivity index (χ1) is 10.6. The number of nitrogens with zero attached hydrogens (tertiary/aromatic N) is 2. The lowest BCUT2D eigenvalue weighted by atomic mass is 10.2. The molecule has 0 bridgehead atoms. The molecule has 118 valence electrons. The highest BCUT2D eigenvalue weighted by atomic mass is 16.5. The average Bonchev–Trinajstić information content (AvgIpc) is 2.93. The van der Waals surface area contributed by atoms with Crippen molar-refractivity contribution in [2.24, 2.45) is 0 Å². The van der Waals surface area contributed by atoms with Gasteiger partial charge in [-0.3, -0.25) is 4.79 Å². The molecule has 0 aromatic carbocycles. The molecule has 0 atom stereocenters. The number of amides is 1. The van der Waals surface area contributed by atoms with E-state index in [1.54, 1.807) is 18.3 Å². The Morgan fingerprint density at radius 3 is 2.82 bits per heavy atom. The topological polar surface area (TPSA) is 80.0 Å². The minimum absolute atomic E-state index is 0.183. The van der Waals surface area contributed by atoms with Crippen LogP contribution in [-0.4, -0.2) is 22.1 Å². The summed E-state index contributed by atoms with van der Waals surface area (Å²) in [6.45, 7) is 6.47. The monoisotopic (exact) mass is 302 g/mol. The van der Waals surface area contributed by atoms with Gasteiger partial charge in [0.2, 0.25) is 0 Å². The summed E-state index contributed by atoms with van der Waals surface area (Å²) in [6.07, 6.45) is 3.45. The Bertz CT molecular complexity index is 605. The van der Waals surface area contributed by atoms with Gasteiger partial charge in [-0.15, -0.1) is 0 Å². The highest BCUT2D eigenvalue weighted by Gasteiger charge is 2.09. The zero-order valence-electron chi connectivity index (χ0n) is 13.2. The Hall–Kier alpha value is -2.37. The van der Waals surface area contributed by atoms with Crippen molar-refractivity contribution in [3.05, 3.63) is 41.4 Å². The molecule has 0 unspecified atom stereocenters. The molecule has 0 fully saturated rings. The van der Waals surface area contributed by atoms with Gasteiger partial charge in [-0.1, -0.05) is 18.5 Å². The van der Waals surface area contributed by atoms with Crippen molar-refractivity contribution in [2.75, 3.05) is 5.32 Å². The lowest BCUT2D eigenvalue weighted by Crippen LogP contribution is -2.22. The lowest BCUT2D eigenvalue weighted by molar-refractivity contribution is 0.0946. The predicted octanol–water partition coefficient (Wildman–Crippen LogP) is 2.77. The van der Waals surface area contributed by atoms with Crippen LogP contribution in [0.5, 0.6) is 0 Å². The van der Waals surface area contributed by atoms with Crippen molar-refractivity contribution in [3.63, 3.8) is 0 Å². The van der Waals surface area contributed by atoms with Gasteiger partial charge >= 0.3 is 0 Å². The number of nitrogens with one attached hydrogen (secondary N) is 2. The molecule has 22 heavy (non-hydrogen) atoms. The summed E-state index contributed by atoms with van der Waals surface area (Å²) in [4.78, 5) is 16.3. The van der Waals surface area contributed by atoms with Crippen LogP contribution in [-0.2, 0) is 13.0 Å². The predicted molar refractivity (Wildman–Crippen MR) is 84.7 cm³/mol. The molecule has 2 aromatic heterocycles. The second-order valence-electron chi connectivity index (χ2n) is 5.45. The summed E-state index contributed by atoms with van der Waals surface area (Å²) in [5.41, 5.74) is 1.43. The summed E-state index contributed by atoms with van der Waals surface area (Å²) in [5.74, 6) is 1.23. The molecule has 2 N–H and O–H groups in total. The maximum Gasteiger partial charge on any atom is 0.253 e. The molecular weight excluding hydrogens is 280 g/mol. The molecule has 2 aromatic rings. The molecular formula is C16H22N4O2. The number of carbonyl (C=O) groups excluding carboxylic acids is 1. The molecule has 0 spiro atoms. The third-order valence-electron chi connectivity index (χ3n) is 3.00. The molecule has 0 aliphatic carbocycles. The normalized spacial score (nSPS) is 10.7. The van der Waals surface area contributed by atoms with Crippen molar-refractivity contribution in [2.45, 2.75) is 46.2 Å². The average molecular weight is 302 g/mol. The smallest absolute Gasteiger partial charge is 0.253 e. The van der Waals surface area contributed by atoms with Gasteiger partial charge in [-0.25, -0.2) is 4.98 Å². The van der Waals surface area contributed by atoms with E-state index in [9.17, 15) is 4.79 Å². The number of aromatic nitrogens is 2. The van der Waals surface area contributed by atoms with Crippen molar-refractivity contribution < 1.29 is 9.32 Å². The minimum atomic E-state index is -0.183. The molecule has 0 saturated carbocycles. The van der Waals surface area contributed by atoms with Gasteiger partial charge in [0.15, 0.2) is 5.76 Å². The van der Waals surface area contributed by atoms with Crippen LogP contribution < -0.4 is 10.6 Å². The van der Waals surface area contributed by atoms with E-state index in [4.69, 9.17) is 4.52 Å². The highest BCUT2D eigenvalue weighted by Crippen LogP contribution is 2.08. The second kappa shape index (κ2) is 7.59. The molecule has 0 aliphatic rings. The molecule has 2 rings (SSSR count).